The number of halogens is 1. The molecular formula is C18H22ClN5O3S2. The van der Waals surface area contributed by atoms with Gasteiger partial charge in [-0.1, -0.05) is 16.0 Å². The number of imidazole rings is 1. The first-order valence-electron chi connectivity index (χ1n) is 8.98. The Bertz CT molecular complexity index is 1120. The van der Waals surface area contributed by atoms with E-state index < -0.39 is 31.2 Å². The largest absolute Gasteiger partial charge is 0.591 e. The molecule has 2 aromatic heterocycles. The predicted molar refractivity (Wildman–Crippen MR) is 116 cm³/mol. The predicted octanol–water partition coefficient (Wildman–Crippen LogP) is 2.36. The van der Waals surface area contributed by atoms with Crippen LogP contribution < -0.4 is 4.90 Å². The first-order chi connectivity index (χ1) is 13.5. The van der Waals surface area contributed by atoms with E-state index in [9.17, 15) is 18.2 Å². The standard InChI is InChI=1S/C18H22ClN5O3S2/c1-12-10-23(5-6-29(12,26)27)17-13(9-22-28(25)18(2,3)4)7-14(19)16-15(8-20)21-11-24(16)17/h7,9,11-12H,5-6,10H2,1-4H3. The highest BCUT2D eigenvalue weighted by Crippen LogP contribution is 2.32. The van der Waals surface area contributed by atoms with Crippen molar-refractivity contribution in [3.05, 3.63) is 28.7 Å². The summed E-state index contributed by atoms with van der Waals surface area (Å²) in [6, 6.07) is 3.66. The van der Waals surface area contributed by atoms with Crippen LogP contribution in [0.3, 0.4) is 0 Å². The molecule has 0 aromatic carbocycles. The fraction of sp³-hybridized carbons (Fsp3) is 0.500. The van der Waals surface area contributed by atoms with Gasteiger partial charge >= 0.3 is 0 Å². The summed E-state index contributed by atoms with van der Waals surface area (Å²) in [4.78, 5) is 6.04. The maximum absolute atomic E-state index is 12.4. The van der Waals surface area contributed by atoms with Gasteiger partial charge in [0, 0.05) is 18.7 Å². The van der Waals surface area contributed by atoms with Gasteiger partial charge in [0.2, 0.25) is 0 Å². The number of nitrogens with zero attached hydrogens (tertiary/aromatic N) is 5. The van der Waals surface area contributed by atoms with Crippen LogP contribution in [0.4, 0.5) is 5.82 Å². The number of rotatable bonds is 3. The van der Waals surface area contributed by atoms with E-state index in [1.807, 2.05) is 31.7 Å². The maximum Gasteiger partial charge on any atom is 0.167 e. The smallest absolute Gasteiger partial charge is 0.167 e. The Labute approximate surface area is 178 Å². The van der Waals surface area contributed by atoms with Crippen molar-refractivity contribution in [3.8, 4) is 6.07 Å². The second-order valence-electron chi connectivity index (χ2n) is 7.91. The molecule has 11 heteroatoms. The van der Waals surface area contributed by atoms with Crippen molar-refractivity contribution in [1.29, 1.82) is 5.26 Å². The van der Waals surface area contributed by atoms with Crippen molar-refractivity contribution in [3.63, 3.8) is 0 Å². The third kappa shape index (κ3) is 4.23. The summed E-state index contributed by atoms with van der Waals surface area (Å²) in [6.45, 7) is 7.71. The molecule has 0 bridgehead atoms. The SMILES string of the molecule is CC1CN(c2c(C=N[S+]([O-])C(C)(C)C)cc(Cl)c3c(C#N)ncn23)CCS1(=O)=O. The Morgan fingerprint density at radius 1 is 1.48 bits per heavy atom. The average molecular weight is 456 g/mol. The van der Waals surface area contributed by atoms with E-state index in [4.69, 9.17) is 11.6 Å². The third-order valence-corrected chi connectivity index (χ3v) is 8.47. The molecule has 1 aliphatic rings. The summed E-state index contributed by atoms with van der Waals surface area (Å²) in [5.41, 5.74) is 1.20. The minimum Gasteiger partial charge on any atom is -0.591 e. The minimum atomic E-state index is -3.15. The minimum absolute atomic E-state index is 0.0165. The Balaban J connectivity index is 2.17. The van der Waals surface area contributed by atoms with Gasteiger partial charge in [0.05, 0.1) is 22.2 Å². The van der Waals surface area contributed by atoms with Crippen LogP contribution in [0.1, 0.15) is 39.0 Å². The topological polar surface area (TPSA) is 114 Å². The summed E-state index contributed by atoms with van der Waals surface area (Å²) >= 11 is 4.94. The lowest BCUT2D eigenvalue weighted by molar-refractivity contribution is 0.562. The molecule has 1 fully saturated rings. The molecule has 1 saturated heterocycles. The number of anilines is 1. The molecule has 2 unspecified atom stereocenters. The molecule has 1 aliphatic heterocycles. The van der Waals surface area contributed by atoms with E-state index in [-0.39, 0.29) is 24.5 Å². The molecule has 156 valence electrons. The molecule has 0 spiro atoms. The lowest BCUT2D eigenvalue weighted by Gasteiger charge is -2.34. The summed E-state index contributed by atoms with van der Waals surface area (Å²) < 4.78 is 42.0. The molecule has 0 amide bonds. The van der Waals surface area contributed by atoms with E-state index >= 15 is 0 Å². The van der Waals surface area contributed by atoms with Gasteiger partial charge in [-0.15, -0.1) is 0 Å². The van der Waals surface area contributed by atoms with Crippen molar-refractivity contribution in [1.82, 2.24) is 9.38 Å². The second kappa shape index (κ2) is 7.80. The number of pyridine rings is 1. The molecule has 0 aliphatic carbocycles. The zero-order valence-electron chi connectivity index (χ0n) is 16.6. The molecule has 8 nitrogen and oxygen atoms in total. The molecule has 3 heterocycles. The summed E-state index contributed by atoms with van der Waals surface area (Å²) in [5, 5.41) is 9.11. The Kier molecular flexibility index (Phi) is 5.89. The maximum atomic E-state index is 12.4. The third-order valence-electron chi connectivity index (χ3n) is 4.72. The fourth-order valence-electron chi connectivity index (χ4n) is 3.07. The summed E-state index contributed by atoms with van der Waals surface area (Å²) in [7, 11) is -3.15. The monoisotopic (exact) mass is 455 g/mol. The second-order valence-corrected chi connectivity index (χ2v) is 12.8. The normalized spacial score (nSPS) is 20.9. The van der Waals surface area contributed by atoms with Gasteiger partial charge < -0.3 is 9.45 Å². The number of sulfone groups is 1. The number of nitriles is 1. The van der Waals surface area contributed by atoms with Crippen LogP contribution in [0.15, 0.2) is 16.8 Å². The van der Waals surface area contributed by atoms with Crippen LogP contribution in [-0.4, -0.2) is 57.4 Å². The number of fused-ring (bicyclic) bond motifs is 1. The first kappa shape index (κ1) is 21.9. The molecule has 2 atom stereocenters. The van der Waals surface area contributed by atoms with E-state index in [0.29, 0.717) is 21.9 Å². The van der Waals surface area contributed by atoms with Gasteiger partial charge in [0.1, 0.15) is 39.8 Å². The van der Waals surface area contributed by atoms with Crippen molar-refractivity contribution in [2.75, 3.05) is 23.7 Å². The summed E-state index contributed by atoms with van der Waals surface area (Å²) in [5.74, 6) is 0.637. The quantitative estimate of drug-likeness (QED) is 0.518. The number of hydrogen-bond acceptors (Lipinski definition) is 7. The zero-order chi connectivity index (χ0) is 21.6. The van der Waals surface area contributed by atoms with Gasteiger partial charge in [-0.25, -0.2) is 13.4 Å². The average Bonchev–Trinajstić information content (AvgIpc) is 3.06. The molecule has 2 aromatic rings. The van der Waals surface area contributed by atoms with Crippen LogP contribution in [-0.2, 0) is 21.2 Å². The van der Waals surface area contributed by atoms with Crippen molar-refractivity contribution in [2.45, 2.75) is 37.7 Å². The molecule has 29 heavy (non-hydrogen) atoms. The Morgan fingerprint density at radius 3 is 2.76 bits per heavy atom. The van der Waals surface area contributed by atoms with E-state index in [1.165, 1.54) is 12.5 Å². The molecule has 0 saturated carbocycles. The van der Waals surface area contributed by atoms with E-state index in [1.54, 1.807) is 17.4 Å². The zero-order valence-corrected chi connectivity index (χ0v) is 19.0. The van der Waals surface area contributed by atoms with Crippen molar-refractivity contribution >= 4 is 50.3 Å². The summed E-state index contributed by atoms with van der Waals surface area (Å²) in [6.07, 6.45) is 2.97. The highest BCUT2D eigenvalue weighted by atomic mass is 35.5. The Morgan fingerprint density at radius 2 is 2.17 bits per heavy atom. The highest BCUT2D eigenvalue weighted by Gasteiger charge is 2.32. The lowest BCUT2D eigenvalue weighted by atomic mass is 10.2. The van der Waals surface area contributed by atoms with Gasteiger partial charge in [0.25, 0.3) is 0 Å². The Hall–Kier alpha value is -1.80. The van der Waals surface area contributed by atoms with Crippen LogP contribution in [0.25, 0.3) is 5.52 Å². The van der Waals surface area contributed by atoms with Gasteiger partial charge in [-0.2, -0.15) is 5.26 Å². The van der Waals surface area contributed by atoms with Crippen molar-refractivity contribution < 1.29 is 13.0 Å². The van der Waals surface area contributed by atoms with E-state index in [2.05, 4.69) is 9.38 Å². The van der Waals surface area contributed by atoms with Crippen LogP contribution >= 0.6 is 11.6 Å². The van der Waals surface area contributed by atoms with Gasteiger partial charge in [-0.05, 0) is 33.8 Å². The van der Waals surface area contributed by atoms with Crippen LogP contribution in [0, 0.1) is 11.3 Å². The van der Waals surface area contributed by atoms with Crippen LogP contribution in [0.5, 0.6) is 0 Å². The number of hydrogen-bond donors (Lipinski definition) is 0. The molecule has 0 N–H and O–H groups in total. The lowest BCUT2D eigenvalue weighted by Crippen LogP contribution is -2.46. The number of aromatic nitrogens is 2. The van der Waals surface area contributed by atoms with Gasteiger partial charge in [0.15, 0.2) is 15.5 Å². The highest BCUT2D eigenvalue weighted by molar-refractivity contribution is 7.92. The van der Waals surface area contributed by atoms with Crippen LogP contribution in [0.2, 0.25) is 5.02 Å². The van der Waals surface area contributed by atoms with E-state index in [0.717, 1.165) is 0 Å². The fourth-order valence-corrected chi connectivity index (χ4v) is 5.17. The molecule has 0 radical (unpaired) electrons. The first-order valence-corrected chi connectivity index (χ1v) is 12.2. The molecule has 3 rings (SSSR count). The van der Waals surface area contributed by atoms with Crippen molar-refractivity contribution in [2.24, 2.45) is 4.40 Å². The van der Waals surface area contributed by atoms with Gasteiger partial charge in [-0.3, -0.25) is 4.40 Å². The molecular weight excluding hydrogens is 434 g/mol.